The maximum atomic E-state index is 13.1. The molecule has 0 aliphatic carbocycles. The number of rotatable bonds is 3. The molecular weight excluding hydrogens is 323 g/mol. The van der Waals surface area contributed by atoms with E-state index in [1.165, 1.54) is 18.2 Å². The van der Waals surface area contributed by atoms with Crippen LogP contribution in [-0.2, 0) is 0 Å². The topological polar surface area (TPSA) is 85.4 Å². The van der Waals surface area contributed by atoms with E-state index in [1.54, 1.807) is 0 Å². The molecule has 98 valence electrons. The molecule has 1 amide bonds. The number of benzene rings is 1. The minimum Gasteiger partial charge on any atom is -0.444 e. The fourth-order valence-electron chi connectivity index (χ4n) is 1.36. The molecule has 2 rings (SSSR count). The van der Waals surface area contributed by atoms with E-state index in [1.807, 2.05) is 0 Å². The van der Waals surface area contributed by atoms with Crippen molar-refractivity contribution in [3.8, 4) is 0 Å². The molecule has 0 aliphatic heterocycles. The maximum Gasteiger partial charge on any atom is 0.306 e. The molecule has 0 bridgehead atoms. The molecular formula is C11H6BrFN2O4. The van der Waals surface area contributed by atoms with E-state index < -0.39 is 22.3 Å². The van der Waals surface area contributed by atoms with Gasteiger partial charge in [-0.15, -0.1) is 0 Å². The average Bonchev–Trinajstić information content (AvgIpc) is 2.78. The number of carbonyl (C=O) groups excluding carboxylic acids is 1. The molecule has 1 heterocycles. The number of furan rings is 1. The molecule has 1 N–H and O–H groups in total. The van der Waals surface area contributed by atoms with Gasteiger partial charge >= 0.3 is 5.69 Å². The highest BCUT2D eigenvalue weighted by Crippen LogP contribution is 2.22. The number of anilines is 1. The van der Waals surface area contributed by atoms with Gasteiger partial charge < -0.3 is 9.73 Å². The van der Waals surface area contributed by atoms with Gasteiger partial charge in [0, 0.05) is 11.8 Å². The molecule has 0 fully saturated rings. The number of hydrogen-bond donors (Lipinski definition) is 1. The molecule has 0 atom stereocenters. The smallest absolute Gasteiger partial charge is 0.306 e. The first-order valence-corrected chi connectivity index (χ1v) is 5.77. The number of amides is 1. The second-order valence-corrected chi connectivity index (χ2v) is 4.26. The monoisotopic (exact) mass is 328 g/mol. The van der Waals surface area contributed by atoms with Crippen LogP contribution in [0.3, 0.4) is 0 Å². The first-order valence-electron chi connectivity index (χ1n) is 4.98. The highest BCUT2D eigenvalue weighted by atomic mass is 79.9. The van der Waals surface area contributed by atoms with Crippen LogP contribution < -0.4 is 5.32 Å². The lowest BCUT2D eigenvalue weighted by Gasteiger charge is -2.03. The average molecular weight is 329 g/mol. The zero-order chi connectivity index (χ0) is 14.0. The minimum absolute atomic E-state index is 0.0267. The fraction of sp³-hybridized carbons (Fsp3) is 0. The van der Waals surface area contributed by atoms with Crippen molar-refractivity contribution in [1.82, 2.24) is 0 Å². The lowest BCUT2D eigenvalue weighted by molar-refractivity contribution is -0.387. The van der Waals surface area contributed by atoms with Gasteiger partial charge in [-0.2, -0.15) is 4.39 Å². The third kappa shape index (κ3) is 2.97. The van der Waals surface area contributed by atoms with Crippen molar-refractivity contribution >= 4 is 33.2 Å². The molecule has 1 aromatic heterocycles. The molecule has 0 aliphatic rings. The molecule has 0 saturated carbocycles. The minimum atomic E-state index is -0.969. The van der Waals surface area contributed by atoms with Crippen molar-refractivity contribution in [3.63, 3.8) is 0 Å². The van der Waals surface area contributed by atoms with Crippen molar-refractivity contribution in [2.75, 3.05) is 5.32 Å². The lowest BCUT2D eigenvalue weighted by atomic mass is 10.2. The molecule has 19 heavy (non-hydrogen) atoms. The molecule has 0 saturated heterocycles. The molecule has 0 unspecified atom stereocenters. The van der Waals surface area contributed by atoms with Crippen LogP contribution in [0.15, 0.2) is 39.4 Å². The zero-order valence-electron chi connectivity index (χ0n) is 9.22. The Morgan fingerprint density at radius 1 is 1.37 bits per heavy atom. The van der Waals surface area contributed by atoms with E-state index in [0.717, 1.165) is 12.1 Å². The summed E-state index contributed by atoms with van der Waals surface area (Å²) in [7, 11) is 0. The van der Waals surface area contributed by atoms with E-state index in [0.29, 0.717) is 4.67 Å². The Morgan fingerprint density at radius 2 is 2.11 bits per heavy atom. The van der Waals surface area contributed by atoms with Gasteiger partial charge in [0.2, 0.25) is 5.82 Å². The number of nitrogens with one attached hydrogen (secondary N) is 1. The van der Waals surface area contributed by atoms with Crippen LogP contribution in [0.1, 0.15) is 10.6 Å². The van der Waals surface area contributed by atoms with Gasteiger partial charge in [-0.05, 0) is 40.2 Å². The van der Waals surface area contributed by atoms with Crippen molar-refractivity contribution in [2.45, 2.75) is 0 Å². The summed E-state index contributed by atoms with van der Waals surface area (Å²) in [6, 6.07) is 6.02. The Morgan fingerprint density at radius 3 is 2.68 bits per heavy atom. The van der Waals surface area contributed by atoms with Crippen molar-refractivity contribution < 1.29 is 18.5 Å². The van der Waals surface area contributed by atoms with Crippen molar-refractivity contribution in [1.29, 1.82) is 0 Å². The van der Waals surface area contributed by atoms with Gasteiger partial charge in [0.15, 0.2) is 10.4 Å². The summed E-state index contributed by atoms with van der Waals surface area (Å²) < 4.78 is 18.5. The number of nitro groups is 1. The van der Waals surface area contributed by atoms with Crippen LogP contribution in [0.4, 0.5) is 15.8 Å². The predicted molar refractivity (Wildman–Crippen MR) is 67.4 cm³/mol. The van der Waals surface area contributed by atoms with Crippen LogP contribution in [0, 0.1) is 15.9 Å². The van der Waals surface area contributed by atoms with Crippen LogP contribution >= 0.6 is 15.9 Å². The Labute approximate surface area is 114 Å². The van der Waals surface area contributed by atoms with E-state index in [-0.39, 0.29) is 11.4 Å². The van der Waals surface area contributed by atoms with Gasteiger partial charge in [0.05, 0.1) is 4.92 Å². The lowest BCUT2D eigenvalue weighted by Crippen LogP contribution is -2.11. The summed E-state index contributed by atoms with van der Waals surface area (Å²) in [6.45, 7) is 0. The van der Waals surface area contributed by atoms with Crippen LogP contribution in [0.25, 0.3) is 0 Å². The quantitative estimate of drug-likeness (QED) is 0.691. The number of halogens is 2. The Bertz CT molecular complexity index is 656. The van der Waals surface area contributed by atoms with Gasteiger partial charge in [0.1, 0.15) is 0 Å². The largest absolute Gasteiger partial charge is 0.444 e. The third-order valence-electron chi connectivity index (χ3n) is 2.20. The highest BCUT2D eigenvalue weighted by Gasteiger charge is 2.16. The van der Waals surface area contributed by atoms with Gasteiger partial charge in [-0.1, -0.05) is 0 Å². The molecule has 6 nitrogen and oxygen atoms in total. The number of nitrogens with zero attached hydrogens (tertiary/aromatic N) is 1. The van der Waals surface area contributed by atoms with Gasteiger partial charge in [0.25, 0.3) is 5.91 Å². The van der Waals surface area contributed by atoms with E-state index in [2.05, 4.69) is 21.2 Å². The second kappa shape index (κ2) is 5.19. The molecule has 8 heteroatoms. The summed E-state index contributed by atoms with van der Waals surface area (Å²) in [5.41, 5.74) is -0.607. The molecule has 1 aromatic carbocycles. The first-order chi connectivity index (χ1) is 8.97. The van der Waals surface area contributed by atoms with Crippen molar-refractivity contribution in [2.24, 2.45) is 0 Å². The Hall–Kier alpha value is -2.22. The number of carbonyl (C=O) groups is 1. The van der Waals surface area contributed by atoms with Crippen LogP contribution in [-0.4, -0.2) is 10.8 Å². The third-order valence-corrected chi connectivity index (χ3v) is 2.62. The predicted octanol–water partition coefficient (Wildman–Crippen LogP) is 3.34. The Kier molecular flexibility index (Phi) is 3.61. The van der Waals surface area contributed by atoms with E-state index in [4.69, 9.17) is 4.42 Å². The van der Waals surface area contributed by atoms with Crippen molar-refractivity contribution in [3.05, 3.63) is 56.7 Å². The maximum absolute atomic E-state index is 13.1. The van der Waals surface area contributed by atoms with Crippen LogP contribution in [0.2, 0.25) is 0 Å². The fourth-order valence-corrected chi connectivity index (χ4v) is 1.67. The first kappa shape index (κ1) is 13.2. The summed E-state index contributed by atoms with van der Waals surface area (Å²) in [5, 5.41) is 12.9. The SMILES string of the molecule is O=C(Nc1ccc(F)c([N+](=O)[O-])c1)c1ccc(Br)o1. The summed E-state index contributed by atoms with van der Waals surface area (Å²) >= 11 is 3.04. The van der Waals surface area contributed by atoms with Gasteiger partial charge in [-0.25, -0.2) is 0 Å². The highest BCUT2D eigenvalue weighted by molar-refractivity contribution is 9.10. The molecule has 2 aromatic rings. The normalized spacial score (nSPS) is 10.2. The number of hydrogen-bond acceptors (Lipinski definition) is 4. The summed E-state index contributed by atoms with van der Waals surface area (Å²) in [5.74, 6) is -1.53. The van der Waals surface area contributed by atoms with E-state index in [9.17, 15) is 19.3 Å². The molecule has 0 radical (unpaired) electrons. The second-order valence-electron chi connectivity index (χ2n) is 3.48. The van der Waals surface area contributed by atoms with E-state index >= 15 is 0 Å². The van der Waals surface area contributed by atoms with Gasteiger partial charge in [-0.3, -0.25) is 14.9 Å². The number of nitro benzene ring substituents is 1. The standard InChI is InChI=1S/C11H6BrFN2O4/c12-10-4-3-9(19-10)11(16)14-6-1-2-7(13)8(5-6)15(17)18/h1-5H,(H,14,16). The summed E-state index contributed by atoms with van der Waals surface area (Å²) in [4.78, 5) is 21.4. The summed E-state index contributed by atoms with van der Waals surface area (Å²) in [6.07, 6.45) is 0. The van der Waals surface area contributed by atoms with Crippen LogP contribution in [0.5, 0.6) is 0 Å². The zero-order valence-corrected chi connectivity index (χ0v) is 10.8. The molecule has 0 spiro atoms. The Balaban J connectivity index is 2.22.